The SMILES string of the molecule is CC[C@@H]1C[C@@H](C)CC/C=C\[C@@H]2C[C@@]2(C(=O)NS(=O)(=O)C2CC2)NC(=O)[C@@H]2C[C@@H](Oc3nccc4c5c(ccc34)N(C)CCO5)CN2C(=O)[C@H]1N(C(=O)O)C(C)(C)C. The molecule has 57 heavy (non-hydrogen) atoms. The van der Waals surface area contributed by atoms with E-state index < -0.39 is 74.3 Å². The van der Waals surface area contributed by atoms with Crippen LogP contribution in [0.3, 0.4) is 0 Å². The van der Waals surface area contributed by atoms with Crippen molar-refractivity contribution in [2.45, 2.75) is 121 Å². The lowest BCUT2D eigenvalue weighted by Gasteiger charge is -2.44. The Morgan fingerprint density at radius 1 is 1.14 bits per heavy atom. The maximum Gasteiger partial charge on any atom is 0.408 e. The molecule has 1 aromatic heterocycles. The van der Waals surface area contributed by atoms with Crippen molar-refractivity contribution in [1.82, 2.24) is 24.8 Å². The van der Waals surface area contributed by atoms with Crippen molar-refractivity contribution in [1.29, 1.82) is 0 Å². The number of pyridine rings is 1. The van der Waals surface area contributed by atoms with Crippen LogP contribution in [-0.4, -0.2) is 113 Å². The molecule has 16 heteroatoms. The lowest BCUT2D eigenvalue weighted by molar-refractivity contribution is -0.146. The largest absolute Gasteiger partial charge is 0.489 e. The molecular weight excluding hydrogens is 753 g/mol. The lowest BCUT2D eigenvalue weighted by atomic mass is 9.82. The van der Waals surface area contributed by atoms with Gasteiger partial charge in [0.2, 0.25) is 27.7 Å². The van der Waals surface area contributed by atoms with Crippen LogP contribution in [0.1, 0.15) is 86.0 Å². The van der Waals surface area contributed by atoms with Crippen molar-refractivity contribution in [2.24, 2.45) is 17.8 Å². The average molecular weight is 809 g/mol. The lowest BCUT2D eigenvalue weighted by Crippen LogP contribution is -2.62. The molecule has 2 aromatic rings. The summed E-state index contributed by atoms with van der Waals surface area (Å²) in [5, 5.41) is 14.5. The Labute approximate surface area is 334 Å². The van der Waals surface area contributed by atoms with Crippen LogP contribution in [0.25, 0.3) is 10.8 Å². The Morgan fingerprint density at radius 3 is 2.58 bits per heavy atom. The molecule has 7 atom stereocenters. The van der Waals surface area contributed by atoms with E-state index in [9.17, 15) is 27.9 Å². The van der Waals surface area contributed by atoms with Gasteiger partial charge in [-0.2, -0.15) is 0 Å². The van der Waals surface area contributed by atoms with Crippen LogP contribution in [0.15, 0.2) is 36.5 Å². The molecule has 2 aliphatic carbocycles. The summed E-state index contributed by atoms with van der Waals surface area (Å²) in [6, 6.07) is 3.40. The smallest absolute Gasteiger partial charge is 0.408 e. The number of fused-ring (bicyclic) bond motifs is 5. The summed E-state index contributed by atoms with van der Waals surface area (Å²) in [5.41, 5.74) is -1.58. The maximum absolute atomic E-state index is 15.2. The van der Waals surface area contributed by atoms with Crippen LogP contribution in [0.5, 0.6) is 11.6 Å². The van der Waals surface area contributed by atoms with E-state index in [0.717, 1.165) is 24.0 Å². The minimum absolute atomic E-state index is 0.0148. The monoisotopic (exact) mass is 808 g/mol. The Morgan fingerprint density at radius 2 is 1.89 bits per heavy atom. The second-order valence-electron chi connectivity index (χ2n) is 17.6. The van der Waals surface area contributed by atoms with Gasteiger partial charge >= 0.3 is 6.09 Å². The van der Waals surface area contributed by atoms with E-state index >= 15 is 4.79 Å². The molecule has 0 bridgehead atoms. The van der Waals surface area contributed by atoms with Crippen LogP contribution in [0, 0.1) is 17.8 Å². The van der Waals surface area contributed by atoms with Gasteiger partial charge in [-0.3, -0.25) is 24.0 Å². The summed E-state index contributed by atoms with van der Waals surface area (Å²) in [7, 11) is -1.93. The van der Waals surface area contributed by atoms with Crippen LogP contribution in [0.4, 0.5) is 10.5 Å². The number of allylic oxidation sites excluding steroid dienone is 1. The Bertz CT molecular complexity index is 2070. The van der Waals surface area contributed by atoms with Gasteiger partial charge in [0, 0.05) is 41.9 Å². The number of anilines is 1. The standard InChI is InChI=1S/C41H56N6O9S/c1-7-25-20-24(2)10-8-9-11-26-22-41(26,38(50)44-57(53,54)28-12-13-28)43-35(48)32-21-27(23-46(32)37(49)33(25)47(39(51)52)40(3,4)5)56-36-30-14-15-31-34(29(30)16-17-42-36)55-19-18-45(31)6/h9,11,14-17,24-28,32-33H,7-8,10,12-13,18-23H2,1-6H3,(H,43,48)(H,44,50)(H,51,52)/b11-9-/t24-,25+,26+,27+,32-,33-,41+/m0/s1. The Kier molecular flexibility index (Phi) is 10.9. The number of sulfonamides is 1. The molecule has 4 amide bonds. The molecule has 7 rings (SSSR count). The molecule has 1 saturated heterocycles. The third kappa shape index (κ3) is 7.98. The number of amides is 4. The topological polar surface area (TPSA) is 188 Å². The predicted molar refractivity (Wildman–Crippen MR) is 213 cm³/mol. The van der Waals surface area contributed by atoms with Gasteiger partial charge in [-0.15, -0.1) is 0 Å². The molecule has 3 N–H and O–H groups in total. The first-order valence-electron chi connectivity index (χ1n) is 20.2. The zero-order valence-electron chi connectivity index (χ0n) is 33.7. The second-order valence-corrected chi connectivity index (χ2v) is 19.6. The molecule has 0 radical (unpaired) electrons. The van der Waals surface area contributed by atoms with E-state index in [1.165, 1.54) is 9.80 Å². The number of nitrogens with one attached hydrogen (secondary N) is 2. The first kappa shape index (κ1) is 40.6. The van der Waals surface area contributed by atoms with E-state index in [0.29, 0.717) is 55.7 Å². The van der Waals surface area contributed by atoms with Crippen LogP contribution < -0.4 is 24.4 Å². The molecule has 0 unspecified atom stereocenters. The van der Waals surface area contributed by atoms with Crippen molar-refractivity contribution in [2.75, 3.05) is 31.6 Å². The normalized spacial score (nSPS) is 30.1. The van der Waals surface area contributed by atoms with Gasteiger partial charge in [0.15, 0.2) is 5.75 Å². The average Bonchev–Trinajstić information content (AvgIpc) is 4.07. The highest BCUT2D eigenvalue weighted by atomic mass is 32.2. The molecule has 1 aromatic carbocycles. The third-order valence-electron chi connectivity index (χ3n) is 12.3. The van der Waals surface area contributed by atoms with Gasteiger partial charge in [-0.25, -0.2) is 18.2 Å². The molecule has 3 aliphatic heterocycles. The first-order valence-corrected chi connectivity index (χ1v) is 21.8. The minimum atomic E-state index is -3.92. The number of nitrogens with zero attached hydrogens (tertiary/aromatic N) is 4. The molecule has 0 spiro atoms. The summed E-state index contributed by atoms with van der Waals surface area (Å²) in [6.07, 6.45) is 7.08. The summed E-state index contributed by atoms with van der Waals surface area (Å²) in [4.78, 5) is 66.2. The highest BCUT2D eigenvalue weighted by Crippen LogP contribution is 2.47. The van der Waals surface area contributed by atoms with E-state index in [1.807, 2.05) is 44.3 Å². The van der Waals surface area contributed by atoms with Crippen molar-refractivity contribution < 1.29 is 42.2 Å². The number of hydrogen-bond acceptors (Lipinski definition) is 10. The molecule has 2 saturated carbocycles. The fraction of sp³-hybridized carbons (Fsp3) is 0.634. The maximum atomic E-state index is 15.2. The van der Waals surface area contributed by atoms with Crippen LogP contribution in [-0.2, 0) is 24.4 Å². The van der Waals surface area contributed by atoms with E-state index in [1.54, 1.807) is 27.0 Å². The van der Waals surface area contributed by atoms with E-state index in [-0.39, 0.29) is 31.2 Å². The molecular formula is C41H56N6O9S. The summed E-state index contributed by atoms with van der Waals surface area (Å²) >= 11 is 0. The molecule has 310 valence electrons. The Balaban J connectivity index is 1.28. The number of carbonyl (C=O) groups is 4. The summed E-state index contributed by atoms with van der Waals surface area (Å²) in [5.74, 6) is -1.69. The van der Waals surface area contributed by atoms with Gasteiger partial charge in [0.1, 0.15) is 30.3 Å². The molecule has 15 nitrogen and oxygen atoms in total. The predicted octanol–water partition coefficient (Wildman–Crippen LogP) is 4.44. The zero-order chi connectivity index (χ0) is 41.0. The number of aromatic nitrogens is 1. The first-order chi connectivity index (χ1) is 26.9. The van der Waals surface area contributed by atoms with Crippen molar-refractivity contribution in [3.8, 4) is 11.6 Å². The van der Waals surface area contributed by atoms with E-state index in [2.05, 4.69) is 26.8 Å². The molecule has 5 aliphatic rings. The van der Waals surface area contributed by atoms with Crippen LogP contribution in [0.2, 0.25) is 0 Å². The summed E-state index contributed by atoms with van der Waals surface area (Å²) < 4.78 is 40.8. The molecule has 3 fully saturated rings. The quantitative estimate of drug-likeness (QED) is 0.336. The van der Waals surface area contributed by atoms with Crippen molar-refractivity contribution >= 4 is 50.3 Å². The number of rotatable bonds is 7. The molecule has 4 heterocycles. The van der Waals surface area contributed by atoms with E-state index in [4.69, 9.17) is 9.47 Å². The number of carbonyl (C=O) groups excluding carboxylic acids is 3. The van der Waals surface area contributed by atoms with Gasteiger partial charge in [-0.05, 0) is 89.3 Å². The number of benzene rings is 1. The van der Waals surface area contributed by atoms with Crippen molar-refractivity contribution in [3.63, 3.8) is 0 Å². The number of hydrogen-bond donors (Lipinski definition) is 3. The second kappa shape index (κ2) is 15.3. The van der Waals surface area contributed by atoms with Crippen LogP contribution >= 0.6 is 0 Å². The summed E-state index contributed by atoms with van der Waals surface area (Å²) in [6.45, 7) is 10.5. The number of ether oxygens (including phenoxy) is 2. The highest BCUT2D eigenvalue weighted by Gasteiger charge is 2.62. The van der Waals surface area contributed by atoms with Gasteiger partial charge in [0.05, 0.1) is 24.0 Å². The van der Waals surface area contributed by atoms with Gasteiger partial charge in [0.25, 0.3) is 5.91 Å². The number of carboxylic acid groups (broad SMARTS) is 1. The fourth-order valence-electron chi connectivity index (χ4n) is 8.95. The zero-order valence-corrected chi connectivity index (χ0v) is 34.5. The third-order valence-corrected chi connectivity index (χ3v) is 14.2. The highest BCUT2D eigenvalue weighted by molar-refractivity contribution is 7.91. The fourth-order valence-corrected chi connectivity index (χ4v) is 10.3. The van der Waals surface area contributed by atoms with Crippen molar-refractivity contribution in [3.05, 3.63) is 36.5 Å². The van der Waals surface area contributed by atoms with Gasteiger partial charge < -0.3 is 29.7 Å². The number of likely N-dealkylation sites (N-methyl/N-ethyl adjacent to an activating group) is 1. The Hall–Kier alpha value is -4.60. The van der Waals surface area contributed by atoms with Gasteiger partial charge in [-0.1, -0.05) is 32.4 Å². The minimum Gasteiger partial charge on any atom is -0.489 e.